The van der Waals surface area contributed by atoms with Gasteiger partial charge in [-0.25, -0.2) is 4.98 Å². The van der Waals surface area contributed by atoms with Crippen molar-refractivity contribution in [2.75, 3.05) is 0 Å². The van der Waals surface area contributed by atoms with Crippen molar-refractivity contribution in [2.24, 2.45) is 0 Å². The number of hydrogen-bond acceptors (Lipinski definition) is 4. The van der Waals surface area contributed by atoms with Gasteiger partial charge in [-0.05, 0) is 19.1 Å². The number of ether oxygens (including phenoxy) is 1. The molecule has 0 bridgehead atoms. The van der Waals surface area contributed by atoms with E-state index in [-0.39, 0.29) is 5.75 Å². The van der Waals surface area contributed by atoms with Crippen molar-refractivity contribution < 1.29 is 9.84 Å². The molecular formula is C11H11NO2S. The topological polar surface area (TPSA) is 42.4 Å². The zero-order chi connectivity index (χ0) is 10.7. The van der Waals surface area contributed by atoms with Gasteiger partial charge in [0.2, 0.25) is 0 Å². The fourth-order valence-corrected chi connectivity index (χ4v) is 1.91. The molecule has 0 aliphatic carbocycles. The highest BCUT2D eigenvalue weighted by molar-refractivity contribution is 7.11. The first-order valence-corrected chi connectivity index (χ1v) is 5.39. The van der Waals surface area contributed by atoms with Gasteiger partial charge < -0.3 is 9.84 Å². The maximum Gasteiger partial charge on any atom is 0.161 e. The number of benzene rings is 1. The molecule has 78 valence electrons. The number of phenolic OH excluding ortho intramolecular Hbond substituents is 1. The first-order chi connectivity index (χ1) is 7.25. The highest BCUT2D eigenvalue weighted by Crippen LogP contribution is 2.25. The lowest BCUT2D eigenvalue weighted by Crippen LogP contribution is -1.92. The zero-order valence-electron chi connectivity index (χ0n) is 8.30. The van der Waals surface area contributed by atoms with E-state index < -0.39 is 0 Å². The average Bonchev–Trinajstić information content (AvgIpc) is 2.63. The van der Waals surface area contributed by atoms with Crippen LogP contribution in [0.2, 0.25) is 0 Å². The first-order valence-electron chi connectivity index (χ1n) is 4.58. The number of rotatable bonds is 3. The van der Waals surface area contributed by atoms with Crippen molar-refractivity contribution in [3.63, 3.8) is 0 Å². The average molecular weight is 221 g/mol. The maximum absolute atomic E-state index is 9.46. The minimum absolute atomic E-state index is 0.165. The smallest absolute Gasteiger partial charge is 0.161 e. The van der Waals surface area contributed by atoms with Crippen LogP contribution in [0.3, 0.4) is 0 Å². The fourth-order valence-electron chi connectivity index (χ4n) is 1.20. The molecule has 4 heteroatoms. The molecule has 0 aliphatic rings. The number of thiazole rings is 1. The van der Waals surface area contributed by atoms with Crippen molar-refractivity contribution in [3.8, 4) is 11.5 Å². The van der Waals surface area contributed by atoms with E-state index in [1.165, 1.54) is 0 Å². The third-order valence-corrected chi connectivity index (χ3v) is 2.79. The van der Waals surface area contributed by atoms with Crippen molar-refractivity contribution in [3.05, 3.63) is 40.3 Å². The van der Waals surface area contributed by atoms with Crippen LogP contribution < -0.4 is 4.74 Å². The zero-order valence-corrected chi connectivity index (χ0v) is 9.12. The highest BCUT2D eigenvalue weighted by atomic mass is 32.1. The van der Waals surface area contributed by atoms with Gasteiger partial charge in [0.05, 0.1) is 9.88 Å². The molecule has 1 aromatic heterocycles. The second-order valence-corrected chi connectivity index (χ2v) is 4.42. The Morgan fingerprint density at radius 3 is 2.87 bits per heavy atom. The van der Waals surface area contributed by atoms with E-state index in [2.05, 4.69) is 4.98 Å². The van der Waals surface area contributed by atoms with Crippen molar-refractivity contribution in [2.45, 2.75) is 13.5 Å². The Morgan fingerprint density at radius 1 is 1.40 bits per heavy atom. The summed E-state index contributed by atoms with van der Waals surface area (Å²) in [4.78, 5) is 5.18. The van der Waals surface area contributed by atoms with Gasteiger partial charge >= 0.3 is 0 Å². The normalized spacial score (nSPS) is 10.2. The molecule has 2 aromatic rings. The van der Waals surface area contributed by atoms with E-state index in [1.54, 1.807) is 35.7 Å². The maximum atomic E-state index is 9.46. The predicted octanol–water partition coefficient (Wildman–Crippen LogP) is 2.74. The number of phenols is 1. The Hall–Kier alpha value is -1.55. The van der Waals surface area contributed by atoms with Gasteiger partial charge in [-0.15, -0.1) is 11.3 Å². The molecule has 0 amide bonds. The number of nitrogens with zero attached hydrogens (tertiary/aromatic N) is 1. The molecule has 0 saturated heterocycles. The number of hydrogen-bond donors (Lipinski definition) is 1. The highest BCUT2D eigenvalue weighted by Gasteiger charge is 2.02. The standard InChI is InChI=1S/C11H11NO2S/c1-8-12-6-9(15-8)7-14-11-5-3-2-4-10(11)13/h2-6,13H,7H2,1H3. The van der Waals surface area contributed by atoms with Crippen molar-refractivity contribution in [1.29, 1.82) is 0 Å². The summed E-state index contributed by atoms with van der Waals surface area (Å²) in [6.07, 6.45) is 1.79. The molecule has 1 heterocycles. The summed E-state index contributed by atoms with van der Waals surface area (Å²) in [5.74, 6) is 0.669. The monoisotopic (exact) mass is 221 g/mol. The summed E-state index contributed by atoms with van der Waals surface area (Å²) in [5, 5.41) is 10.5. The lowest BCUT2D eigenvalue weighted by molar-refractivity contribution is 0.292. The Labute approximate surface area is 92.0 Å². The third-order valence-electron chi connectivity index (χ3n) is 1.90. The lowest BCUT2D eigenvalue weighted by atomic mass is 10.3. The minimum Gasteiger partial charge on any atom is -0.504 e. The van der Waals surface area contributed by atoms with Crippen LogP contribution in [0.15, 0.2) is 30.5 Å². The van der Waals surface area contributed by atoms with Gasteiger partial charge in [-0.1, -0.05) is 12.1 Å². The molecule has 0 unspecified atom stereocenters. The molecule has 0 radical (unpaired) electrons. The van der Waals surface area contributed by atoms with Crippen LogP contribution in [0.5, 0.6) is 11.5 Å². The largest absolute Gasteiger partial charge is 0.504 e. The van der Waals surface area contributed by atoms with E-state index in [4.69, 9.17) is 4.74 Å². The second-order valence-electron chi connectivity index (χ2n) is 3.10. The van der Waals surface area contributed by atoms with Crippen LogP contribution in [0.4, 0.5) is 0 Å². The van der Waals surface area contributed by atoms with E-state index in [0.29, 0.717) is 12.4 Å². The number of aromatic nitrogens is 1. The molecule has 2 rings (SSSR count). The van der Waals surface area contributed by atoms with E-state index in [9.17, 15) is 5.11 Å². The molecule has 0 aliphatic heterocycles. The lowest BCUT2D eigenvalue weighted by Gasteiger charge is -2.05. The summed E-state index contributed by atoms with van der Waals surface area (Å²) in [7, 11) is 0. The predicted molar refractivity (Wildman–Crippen MR) is 59.3 cm³/mol. The van der Waals surface area contributed by atoms with Crippen LogP contribution >= 0.6 is 11.3 Å². The number of para-hydroxylation sites is 2. The van der Waals surface area contributed by atoms with Crippen LogP contribution in [-0.4, -0.2) is 10.1 Å². The Bertz CT molecular complexity index is 453. The number of aryl methyl sites for hydroxylation is 1. The third kappa shape index (κ3) is 2.47. The molecule has 15 heavy (non-hydrogen) atoms. The molecule has 1 N–H and O–H groups in total. The summed E-state index contributed by atoms with van der Waals surface area (Å²) in [6, 6.07) is 6.93. The SMILES string of the molecule is Cc1ncc(COc2ccccc2O)s1. The molecular weight excluding hydrogens is 210 g/mol. The fraction of sp³-hybridized carbons (Fsp3) is 0.182. The Balaban J connectivity index is 2.02. The molecule has 0 atom stereocenters. The molecule has 0 spiro atoms. The van der Waals surface area contributed by atoms with E-state index in [0.717, 1.165) is 9.88 Å². The van der Waals surface area contributed by atoms with Gasteiger partial charge in [0, 0.05) is 6.20 Å². The minimum atomic E-state index is 0.165. The van der Waals surface area contributed by atoms with E-state index in [1.807, 2.05) is 13.0 Å². The van der Waals surface area contributed by atoms with Crippen LogP contribution in [-0.2, 0) is 6.61 Å². The van der Waals surface area contributed by atoms with E-state index >= 15 is 0 Å². The molecule has 3 nitrogen and oxygen atoms in total. The van der Waals surface area contributed by atoms with Gasteiger partial charge in [-0.2, -0.15) is 0 Å². The summed E-state index contributed by atoms with van der Waals surface area (Å²) in [5.41, 5.74) is 0. The van der Waals surface area contributed by atoms with Gasteiger partial charge in [0.25, 0.3) is 0 Å². The summed E-state index contributed by atoms with van der Waals surface area (Å²) < 4.78 is 5.46. The molecule has 0 fully saturated rings. The molecule has 0 saturated carbocycles. The summed E-state index contributed by atoms with van der Waals surface area (Å²) >= 11 is 1.60. The number of aromatic hydroxyl groups is 1. The van der Waals surface area contributed by atoms with Gasteiger partial charge in [0.1, 0.15) is 6.61 Å². The van der Waals surface area contributed by atoms with Gasteiger partial charge in [-0.3, -0.25) is 0 Å². The second kappa shape index (κ2) is 4.31. The Morgan fingerprint density at radius 2 is 2.20 bits per heavy atom. The van der Waals surface area contributed by atoms with Crippen LogP contribution in [0.25, 0.3) is 0 Å². The summed E-state index contributed by atoms with van der Waals surface area (Å²) in [6.45, 7) is 2.40. The van der Waals surface area contributed by atoms with Crippen LogP contribution in [0.1, 0.15) is 9.88 Å². The molecule has 1 aromatic carbocycles. The quantitative estimate of drug-likeness (QED) is 0.866. The van der Waals surface area contributed by atoms with Crippen molar-refractivity contribution in [1.82, 2.24) is 4.98 Å². The van der Waals surface area contributed by atoms with Gasteiger partial charge in [0.15, 0.2) is 11.5 Å². The van der Waals surface area contributed by atoms with Crippen molar-refractivity contribution >= 4 is 11.3 Å². The first kappa shape index (κ1) is 9.98. The van der Waals surface area contributed by atoms with Crippen LogP contribution in [0, 0.1) is 6.92 Å². The Kier molecular flexibility index (Phi) is 2.87.